The summed E-state index contributed by atoms with van der Waals surface area (Å²) in [7, 11) is 0. The zero-order valence-corrected chi connectivity index (χ0v) is 11.3. The van der Waals surface area contributed by atoms with Crippen LogP contribution in [0.15, 0.2) is 47.8 Å². The average Bonchev–Trinajstić information content (AvgIpc) is 3.15. The van der Waals surface area contributed by atoms with Gasteiger partial charge >= 0.3 is 0 Å². The Hall–Kier alpha value is -2.79. The Bertz CT molecular complexity index is 689. The molecule has 7 nitrogen and oxygen atoms in total. The number of amides is 1. The monoisotopic (exact) mass is 282 g/mol. The van der Waals surface area contributed by atoms with E-state index in [-0.39, 0.29) is 11.8 Å². The molecule has 1 unspecified atom stereocenters. The Morgan fingerprint density at radius 1 is 1.33 bits per heavy atom. The first-order chi connectivity index (χ1) is 10.3. The van der Waals surface area contributed by atoms with Crippen LogP contribution in [0.2, 0.25) is 0 Å². The van der Waals surface area contributed by atoms with Gasteiger partial charge in [-0.25, -0.2) is 4.68 Å². The standard InChI is InChI=1S/C14H14N6O/c15-18-16-9-11-8-14(21)19(10-11)12-4-1-2-5-13(12)20-7-3-6-17-20/h1-7,11H,8-10H2. The summed E-state index contributed by atoms with van der Waals surface area (Å²) in [5, 5.41) is 7.80. The first-order valence-corrected chi connectivity index (χ1v) is 6.70. The molecule has 7 heteroatoms. The van der Waals surface area contributed by atoms with Crippen molar-refractivity contribution in [2.75, 3.05) is 18.0 Å². The number of hydrogen-bond acceptors (Lipinski definition) is 3. The molecule has 1 aliphatic rings. The molecule has 1 aromatic carbocycles. The lowest BCUT2D eigenvalue weighted by Gasteiger charge is -2.20. The van der Waals surface area contributed by atoms with Crippen molar-refractivity contribution in [1.29, 1.82) is 0 Å². The fourth-order valence-electron chi connectivity index (χ4n) is 2.59. The van der Waals surface area contributed by atoms with Crippen LogP contribution in [0.25, 0.3) is 16.1 Å². The van der Waals surface area contributed by atoms with E-state index in [9.17, 15) is 4.79 Å². The lowest BCUT2D eigenvalue weighted by Crippen LogP contribution is -2.26. The fraction of sp³-hybridized carbons (Fsp3) is 0.286. The SMILES string of the molecule is [N-]=[N+]=NCC1CC(=O)N(c2ccccc2-n2cccn2)C1. The van der Waals surface area contributed by atoms with Crippen LogP contribution >= 0.6 is 0 Å². The molecule has 0 N–H and O–H groups in total. The maximum atomic E-state index is 12.2. The molecule has 2 aromatic rings. The second-order valence-electron chi connectivity index (χ2n) is 4.93. The molecule has 0 bridgehead atoms. The van der Waals surface area contributed by atoms with Crippen LogP contribution in [0, 0.1) is 5.92 Å². The number of carbonyl (C=O) groups is 1. The molecule has 1 aromatic heterocycles. The first kappa shape index (κ1) is 13.2. The van der Waals surface area contributed by atoms with E-state index in [1.807, 2.05) is 36.5 Å². The molecule has 0 aliphatic carbocycles. The van der Waals surface area contributed by atoms with E-state index < -0.39 is 0 Å². The second kappa shape index (κ2) is 5.68. The normalized spacial score (nSPS) is 17.8. The average molecular weight is 282 g/mol. The van der Waals surface area contributed by atoms with Gasteiger partial charge in [0.2, 0.25) is 5.91 Å². The largest absolute Gasteiger partial charge is 0.310 e. The molecule has 0 saturated carbocycles. The van der Waals surface area contributed by atoms with Crippen molar-refractivity contribution in [3.8, 4) is 5.69 Å². The third kappa shape index (κ3) is 2.59. The van der Waals surface area contributed by atoms with E-state index >= 15 is 0 Å². The van der Waals surface area contributed by atoms with Crippen molar-refractivity contribution < 1.29 is 4.79 Å². The Morgan fingerprint density at radius 2 is 2.14 bits per heavy atom. The van der Waals surface area contributed by atoms with Gasteiger partial charge in [-0.05, 0) is 29.6 Å². The molecule has 1 amide bonds. The number of azide groups is 1. The summed E-state index contributed by atoms with van der Waals surface area (Å²) in [6.45, 7) is 0.915. The van der Waals surface area contributed by atoms with Gasteiger partial charge in [-0.3, -0.25) is 4.79 Å². The summed E-state index contributed by atoms with van der Waals surface area (Å²) in [5.74, 6) is 0.117. The molecule has 1 saturated heterocycles. The lowest BCUT2D eigenvalue weighted by molar-refractivity contribution is -0.117. The maximum Gasteiger partial charge on any atom is 0.227 e. The highest BCUT2D eigenvalue weighted by atomic mass is 16.2. The minimum Gasteiger partial charge on any atom is -0.310 e. The van der Waals surface area contributed by atoms with Crippen LogP contribution in [0.1, 0.15) is 6.42 Å². The molecule has 1 fully saturated rings. The van der Waals surface area contributed by atoms with Gasteiger partial charge in [0.15, 0.2) is 0 Å². The smallest absolute Gasteiger partial charge is 0.227 e. The molecular formula is C14H14N6O. The molecular weight excluding hydrogens is 268 g/mol. The molecule has 1 aliphatic heterocycles. The van der Waals surface area contributed by atoms with E-state index in [0.717, 1.165) is 11.4 Å². The van der Waals surface area contributed by atoms with Gasteiger partial charge in [0.1, 0.15) is 0 Å². The quantitative estimate of drug-likeness (QED) is 0.490. The zero-order valence-electron chi connectivity index (χ0n) is 11.3. The van der Waals surface area contributed by atoms with Gasteiger partial charge in [-0.2, -0.15) is 5.10 Å². The van der Waals surface area contributed by atoms with Gasteiger partial charge < -0.3 is 4.90 Å². The number of carbonyl (C=O) groups excluding carboxylic acids is 1. The summed E-state index contributed by atoms with van der Waals surface area (Å²) < 4.78 is 1.74. The number of nitrogens with zero attached hydrogens (tertiary/aromatic N) is 6. The molecule has 0 radical (unpaired) electrons. The summed E-state index contributed by atoms with van der Waals surface area (Å²) in [6.07, 6.45) is 3.95. The van der Waals surface area contributed by atoms with Crippen LogP contribution in [-0.4, -0.2) is 28.8 Å². The summed E-state index contributed by atoms with van der Waals surface area (Å²) in [4.78, 5) is 16.7. The first-order valence-electron chi connectivity index (χ1n) is 6.70. The molecule has 1 atom stereocenters. The number of para-hydroxylation sites is 2. The molecule has 21 heavy (non-hydrogen) atoms. The molecule has 106 valence electrons. The topological polar surface area (TPSA) is 86.9 Å². The van der Waals surface area contributed by atoms with Crippen molar-refractivity contribution in [1.82, 2.24) is 9.78 Å². The highest BCUT2D eigenvalue weighted by Crippen LogP contribution is 2.30. The minimum atomic E-state index is 0.0488. The van der Waals surface area contributed by atoms with E-state index in [0.29, 0.717) is 19.5 Å². The Labute approximate surface area is 121 Å². The number of anilines is 1. The minimum absolute atomic E-state index is 0.0488. The van der Waals surface area contributed by atoms with Gasteiger partial charge in [0.25, 0.3) is 0 Å². The molecule has 3 rings (SSSR count). The van der Waals surface area contributed by atoms with Crippen molar-refractivity contribution in [3.63, 3.8) is 0 Å². The van der Waals surface area contributed by atoms with Crippen molar-refractivity contribution in [3.05, 3.63) is 53.2 Å². The summed E-state index contributed by atoms with van der Waals surface area (Å²) >= 11 is 0. The highest BCUT2D eigenvalue weighted by molar-refractivity contribution is 5.97. The second-order valence-corrected chi connectivity index (χ2v) is 4.93. The van der Waals surface area contributed by atoms with E-state index in [1.54, 1.807) is 15.8 Å². The Balaban J connectivity index is 1.91. The molecule has 0 spiro atoms. The Kier molecular flexibility index (Phi) is 3.57. The predicted octanol–water partition coefficient (Wildman–Crippen LogP) is 2.54. The predicted molar refractivity (Wildman–Crippen MR) is 78.0 cm³/mol. The van der Waals surface area contributed by atoms with Crippen LogP contribution in [-0.2, 0) is 4.79 Å². The Morgan fingerprint density at radius 3 is 2.86 bits per heavy atom. The molecule has 2 heterocycles. The van der Waals surface area contributed by atoms with Crippen LogP contribution < -0.4 is 4.90 Å². The van der Waals surface area contributed by atoms with E-state index in [2.05, 4.69) is 15.1 Å². The summed E-state index contributed by atoms with van der Waals surface area (Å²) in [5.41, 5.74) is 10.1. The van der Waals surface area contributed by atoms with Gasteiger partial charge in [-0.15, -0.1) is 0 Å². The van der Waals surface area contributed by atoms with Crippen LogP contribution in [0.3, 0.4) is 0 Å². The number of hydrogen-bond donors (Lipinski definition) is 0. The number of benzene rings is 1. The van der Waals surface area contributed by atoms with Crippen LogP contribution in [0.4, 0.5) is 5.69 Å². The van der Waals surface area contributed by atoms with Crippen LogP contribution in [0.5, 0.6) is 0 Å². The third-order valence-electron chi connectivity index (χ3n) is 3.53. The summed E-state index contributed by atoms with van der Waals surface area (Å²) in [6, 6.07) is 9.49. The fourth-order valence-corrected chi connectivity index (χ4v) is 2.59. The van der Waals surface area contributed by atoms with E-state index in [1.165, 1.54) is 0 Å². The zero-order chi connectivity index (χ0) is 14.7. The van der Waals surface area contributed by atoms with Gasteiger partial charge in [0, 0.05) is 36.8 Å². The van der Waals surface area contributed by atoms with Gasteiger partial charge in [-0.1, -0.05) is 17.2 Å². The number of aromatic nitrogens is 2. The van der Waals surface area contributed by atoms with Crippen molar-refractivity contribution in [2.45, 2.75) is 6.42 Å². The third-order valence-corrected chi connectivity index (χ3v) is 3.53. The highest BCUT2D eigenvalue weighted by Gasteiger charge is 2.31. The van der Waals surface area contributed by atoms with Crippen molar-refractivity contribution >= 4 is 11.6 Å². The number of rotatable bonds is 4. The van der Waals surface area contributed by atoms with Gasteiger partial charge in [0.05, 0.1) is 11.4 Å². The van der Waals surface area contributed by atoms with E-state index in [4.69, 9.17) is 5.53 Å². The lowest BCUT2D eigenvalue weighted by atomic mass is 10.1. The maximum absolute atomic E-state index is 12.2. The van der Waals surface area contributed by atoms with Crippen molar-refractivity contribution in [2.24, 2.45) is 11.0 Å².